The maximum absolute atomic E-state index is 12.1. The van der Waals surface area contributed by atoms with Crippen LogP contribution in [0.15, 0.2) is 24.8 Å². The molecule has 0 aliphatic carbocycles. The molecule has 8 heteroatoms. The van der Waals surface area contributed by atoms with Gasteiger partial charge in [0.05, 0.1) is 38.6 Å². The van der Waals surface area contributed by atoms with Gasteiger partial charge in [-0.2, -0.15) is 0 Å². The van der Waals surface area contributed by atoms with Gasteiger partial charge in [0, 0.05) is 34.9 Å². The van der Waals surface area contributed by atoms with Crippen LogP contribution >= 0.6 is 0 Å². The Balaban J connectivity index is 3.03. The van der Waals surface area contributed by atoms with Crippen LogP contribution in [0.3, 0.4) is 0 Å². The molecule has 1 saturated heterocycles. The van der Waals surface area contributed by atoms with Crippen LogP contribution in [0, 0.1) is 36.5 Å². The van der Waals surface area contributed by atoms with Gasteiger partial charge in [-0.25, -0.2) is 0 Å². The van der Waals surface area contributed by atoms with Crippen molar-refractivity contribution in [1.29, 1.82) is 0 Å². The number of aliphatic hydroxyl groups is 1. The third kappa shape index (κ3) is 11.5. The van der Waals surface area contributed by atoms with E-state index in [1.807, 2.05) is 13.0 Å². The monoisotopic (exact) mass is 775 g/mol. The number of allylic oxidation sites excluding steroid dienone is 2. The SMILES string of the molecule is C=C[C@@H](C)CC[C@H]1O[C@@H](c2c(CC(O)[C@@H](C)C[C@H](C)CC(=C)C)c(OC)c(C)c(OC)c2O[Si](C)(C)C(C)(C)C)[C@H](C)[C@@H](O[Si](C)(C)C(C)(C)C)[C@H]1C. The van der Waals surface area contributed by atoms with Crippen molar-refractivity contribution in [2.24, 2.45) is 29.6 Å². The van der Waals surface area contributed by atoms with Crippen LogP contribution in [0.25, 0.3) is 0 Å². The third-order valence-electron chi connectivity index (χ3n) is 13.1. The highest BCUT2D eigenvalue weighted by atomic mass is 28.4. The molecule has 1 fully saturated rings. The summed E-state index contributed by atoms with van der Waals surface area (Å²) in [5.74, 6) is 3.15. The smallest absolute Gasteiger partial charge is 0.250 e. The van der Waals surface area contributed by atoms with E-state index in [1.165, 1.54) is 5.57 Å². The summed E-state index contributed by atoms with van der Waals surface area (Å²) < 4.78 is 34.9. The average molecular weight is 775 g/mol. The third-order valence-corrected chi connectivity index (χ3v) is 21.9. The first kappa shape index (κ1) is 47.6. The van der Waals surface area contributed by atoms with E-state index in [1.54, 1.807) is 14.2 Å². The van der Waals surface area contributed by atoms with E-state index in [0.717, 1.165) is 53.9 Å². The van der Waals surface area contributed by atoms with Gasteiger partial charge in [-0.1, -0.05) is 87.8 Å². The topological polar surface area (TPSA) is 66.4 Å². The number of methoxy groups -OCH3 is 2. The Kier molecular flexibility index (Phi) is 16.7. The van der Waals surface area contributed by atoms with E-state index in [9.17, 15) is 5.11 Å². The van der Waals surface area contributed by atoms with E-state index >= 15 is 0 Å². The Bertz CT molecular complexity index is 1370. The molecule has 0 aromatic heterocycles. The predicted octanol–water partition coefficient (Wildman–Crippen LogP) is 12.6. The zero-order valence-electron chi connectivity index (χ0n) is 37.7. The lowest BCUT2D eigenvalue weighted by Gasteiger charge is -2.50. The molecule has 1 aromatic rings. The van der Waals surface area contributed by atoms with Crippen molar-refractivity contribution in [3.63, 3.8) is 0 Å². The maximum Gasteiger partial charge on any atom is 0.250 e. The molecule has 9 atom stereocenters. The molecule has 6 nitrogen and oxygen atoms in total. The first-order valence-electron chi connectivity index (χ1n) is 20.4. The van der Waals surface area contributed by atoms with Crippen LogP contribution < -0.4 is 13.9 Å². The van der Waals surface area contributed by atoms with Gasteiger partial charge in [-0.3, -0.25) is 0 Å². The molecule has 1 aromatic carbocycles. The Morgan fingerprint density at radius 1 is 0.906 bits per heavy atom. The minimum absolute atomic E-state index is 0.0185. The Morgan fingerprint density at radius 3 is 1.92 bits per heavy atom. The highest BCUT2D eigenvalue weighted by Gasteiger charge is 2.50. The quantitative estimate of drug-likeness (QED) is 0.118. The van der Waals surface area contributed by atoms with E-state index in [0.29, 0.717) is 24.0 Å². The van der Waals surface area contributed by atoms with Crippen LogP contribution in [0.4, 0.5) is 0 Å². The molecule has 306 valence electrons. The van der Waals surface area contributed by atoms with Crippen LogP contribution in [0.1, 0.15) is 132 Å². The summed E-state index contributed by atoms with van der Waals surface area (Å²) in [4.78, 5) is 0. The predicted molar refractivity (Wildman–Crippen MR) is 231 cm³/mol. The molecule has 0 radical (unpaired) electrons. The zero-order chi connectivity index (χ0) is 41.0. The highest BCUT2D eigenvalue weighted by molar-refractivity contribution is 6.75. The first-order valence-corrected chi connectivity index (χ1v) is 26.2. The van der Waals surface area contributed by atoms with Gasteiger partial charge in [0.1, 0.15) is 5.75 Å². The summed E-state index contributed by atoms with van der Waals surface area (Å²) >= 11 is 0. The van der Waals surface area contributed by atoms with Crippen molar-refractivity contribution in [2.45, 2.75) is 183 Å². The molecule has 1 unspecified atom stereocenters. The lowest BCUT2D eigenvalue weighted by molar-refractivity contribution is -0.165. The minimum atomic E-state index is -2.41. The van der Waals surface area contributed by atoms with Crippen molar-refractivity contribution in [1.82, 2.24) is 0 Å². The van der Waals surface area contributed by atoms with Crippen molar-refractivity contribution >= 4 is 16.6 Å². The standard InChI is InChI=1S/C45H82O6Si2/c1-22-29(4)23-24-37-32(7)39(50-52(18,19)44(10,11)12)33(8)41(49-37)38-35(27-36(46)31(6)26-30(5)25-28(2)3)40(47-16)34(9)42(48-17)43(38)51-53(20,21)45(13,14)15/h22,29-33,36-37,39,41,46H,1-2,23-27H2,3-21H3/t29-,30-,31+,32+,33-,36?,37-,39+,41-/m1/s1. The van der Waals surface area contributed by atoms with Crippen LogP contribution in [0.5, 0.6) is 17.2 Å². The largest absolute Gasteiger partial charge is 0.541 e. The molecule has 0 saturated carbocycles. The molecule has 0 amide bonds. The number of ether oxygens (including phenoxy) is 3. The van der Waals surface area contributed by atoms with E-state index in [4.69, 9.17) is 23.1 Å². The van der Waals surface area contributed by atoms with Crippen LogP contribution in [-0.2, 0) is 15.6 Å². The summed E-state index contributed by atoms with van der Waals surface area (Å²) in [6.07, 6.45) is 5.08. The van der Waals surface area contributed by atoms with Crippen LogP contribution in [-0.4, -0.2) is 54.3 Å². The first-order chi connectivity index (χ1) is 24.1. The number of hydrogen-bond acceptors (Lipinski definition) is 6. The van der Waals surface area contributed by atoms with Crippen molar-refractivity contribution in [2.75, 3.05) is 14.2 Å². The molecule has 53 heavy (non-hydrogen) atoms. The second-order valence-electron chi connectivity index (χ2n) is 20.0. The molecular formula is C45H82O6Si2. The van der Waals surface area contributed by atoms with E-state index in [2.05, 4.69) is 122 Å². The highest BCUT2D eigenvalue weighted by Crippen LogP contribution is 2.55. The normalized spacial score (nSPS) is 23.9. The average Bonchev–Trinajstić information content (AvgIpc) is 3.01. The second kappa shape index (κ2) is 18.6. The maximum atomic E-state index is 12.1. The number of benzene rings is 1. The molecule has 1 aliphatic heterocycles. The van der Waals surface area contributed by atoms with Gasteiger partial charge in [0.15, 0.2) is 19.8 Å². The number of hydrogen-bond donors (Lipinski definition) is 1. The van der Waals surface area contributed by atoms with Crippen molar-refractivity contribution < 1.29 is 28.2 Å². The number of rotatable bonds is 18. The Labute approximate surface area is 329 Å². The van der Waals surface area contributed by atoms with Crippen molar-refractivity contribution in [3.05, 3.63) is 41.5 Å². The fourth-order valence-corrected chi connectivity index (χ4v) is 10.0. The molecule has 1 aliphatic rings. The van der Waals surface area contributed by atoms with Gasteiger partial charge in [-0.15, -0.1) is 13.2 Å². The summed E-state index contributed by atoms with van der Waals surface area (Å²) in [6.45, 7) is 46.6. The summed E-state index contributed by atoms with van der Waals surface area (Å²) in [7, 11) is -1.15. The zero-order valence-corrected chi connectivity index (χ0v) is 39.7. The minimum Gasteiger partial charge on any atom is -0.541 e. The fourth-order valence-electron chi connectivity index (χ4n) is 7.53. The van der Waals surface area contributed by atoms with Crippen LogP contribution in [0.2, 0.25) is 36.3 Å². The van der Waals surface area contributed by atoms with E-state index < -0.39 is 22.7 Å². The molecular weight excluding hydrogens is 693 g/mol. The van der Waals surface area contributed by atoms with Gasteiger partial charge in [0.25, 0.3) is 8.32 Å². The summed E-state index contributed by atoms with van der Waals surface area (Å²) in [6, 6.07) is 0. The lowest BCUT2D eigenvalue weighted by Crippen LogP contribution is -2.53. The van der Waals surface area contributed by atoms with E-state index in [-0.39, 0.29) is 46.1 Å². The summed E-state index contributed by atoms with van der Waals surface area (Å²) in [5.41, 5.74) is 3.94. The number of aliphatic hydroxyl groups excluding tert-OH is 1. The molecule has 0 spiro atoms. The lowest BCUT2D eigenvalue weighted by atomic mass is 9.76. The van der Waals surface area contributed by atoms with Gasteiger partial charge >= 0.3 is 0 Å². The Hall–Kier alpha value is -1.59. The molecule has 1 heterocycles. The van der Waals surface area contributed by atoms with Gasteiger partial charge in [-0.05, 0) is 93.5 Å². The van der Waals surface area contributed by atoms with Gasteiger partial charge in [0.2, 0.25) is 0 Å². The fraction of sp³-hybridized carbons (Fsp3) is 0.778. The second-order valence-corrected chi connectivity index (χ2v) is 29.5. The molecule has 0 bridgehead atoms. The molecule has 2 rings (SSSR count). The molecule has 1 N–H and O–H groups in total. The Morgan fingerprint density at radius 2 is 1.45 bits per heavy atom. The van der Waals surface area contributed by atoms with Gasteiger partial charge < -0.3 is 28.2 Å². The van der Waals surface area contributed by atoms with Crippen molar-refractivity contribution in [3.8, 4) is 17.2 Å². The summed E-state index contributed by atoms with van der Waals surface area (Å²) in [5, 5.41) is 12.1.